The highest BCUT2D eigenvalue weighted by atomic mass is 16.7. The first-order chi connectivity index (χ1) is 10.7. The summed E-state index contributed by atoms with van der Waals surface area (Å²) in [6.07, 6.45) is -2.38. The number of hydrogen-bond acceptors (Lipinski definition) is 6. The number of hydrogen-bond donors (Lipinski definition) is 3. The van der Waals surface area contributed by atoms with Gasteiger partial charge >= 0.3 is 0 Å². The predicted molar refractivity (Wildman–Crippen MR) is 80.3 cm³/mol. The lowest BCUT2D eigenvalue weighted by atomic mass is 9.97. The van der Waals surface area contributed by atoms with Crippen LogP contribution in [0.2, 0.25) is 0 Å². The molecule has 0 radical (unpaired) electrons. The van der Waals surface area contributed by atoms with Crippen LogP contribution in [0.15, 0.2) is 30.3 Å². The average Bonchev–Trinajstić information content (AvgIpc) is 2.54. The van der Waals surface area contributed by atoms with Crippen molar-refractivity contribution in [1.82, 2.24) is 0 Å². The normalized spacial score (nSPS) is 38.3. The highest BCUT2D eigenvalue weighted by molar-refractivity contribution is 5.43. The maximum atomic E-state index is 10.4. The second-order valence-corrected chi connectivity index (χ2v) is 5.74. The van der Waals surface area contributed by atoms with Crippen LogP contribution in [0.4, 0.5) is 5.69 Å². The topological polar surface area (TPSA) is 80.2 Å². The molecule has 6 unspecified atom stereocenters. The predicted octanol–water partition coefficient (Wildman–Crippen LogP) is 1.09. The fourth-order valence-corrected chi connectivity index (χ4v) is 2.86. The zero-order valence-corrected chi connectivity index (χ0v) is 12.6. The van der Waals surface area contributed by atoms with Crippen molar-refractivity contribution < 1.29 is 24.4 Å². The molecule has 6 nitrogen and oxygen atoms in total. The largest absolute Gasteiger partial charge is 0.387 e. The van der Waals surface area contributed by atoms with Crippen molar-refractivity contribution in [2.45, 2.75) is 56.7 Å². The van der Waals surface area contributed by atoms with Crippen LogP contribution < -0.4 is 5.32 Å². The summed E-state index contributed by atoms with van der Waals surface area (Å²) in [7, 11) is 0. The summed E-state index contributed by atoms with van der Waals surface area (Å²) in [5, 5.41) is 23.7. The molecule has 0 aromatic heterocycles. The second-order valence-electron chi connectivity index (χ2n) is 5.74. The van der Waals surface area contributed by atoms with Gasteiger partial charge in [0.2, 0.25) is 0 Å². The van der Waals surface area contributed by atoms with Gasteiger partial charge in [0, 0.05) is 5.69 Å². The molecule has 2 fully saturated rings. The fraction of sp³-hybridized carbons (Fsp3) is 0.625. The Morgan fingerprint density at radius 1 is 1.14 bits per heavy atom. The molecule has 6 atom stereocenters. The highest BCUT2D eigenvalue weighted by Crippen LogP contribution is 2.30. The van der Waals surface area contributed by atoms with Crippen LogP contribution in [0, 0.1) is 0 Å². The average molecular weight is 309 g/mol. The van der Waals surface area contributed by atoms with Crippen molar-refractivity contribution in [3.05, 3.63) is 30.3 Å². The van der Waals surface area contributed by atoms with E-state index in [0.717, 1.165) is 18.5 Å². The van der Waals surface area contributed by atoms with Crippen molar-refractivity contribution >= 4 is 5.69 Å². The number of ether oxygens (including phenoxy) is 3. The molecule has 2 saturated heterocycles. The smallest absolute Gasteiger partial charge is 0.158 e. The van der Waals surface area contributed by atoms with Gasteiger partial charge in [-0.1, -0.05) is 31.5 Å². The molecular formula is C16H23NO5. The Hall–Kier alpha value is -1.18. The minimum Gasteiger partial charge on any atom is -0.387 e. The Balaban J connectivity index is 1.66. The first kappa shape index (κ1) is 15.7. The number of aliphatic hydroxyl groups excluding tert-OH is 2. The van der Waals surface area contributed by atoms with Crippen LogP contribution in [0.5, 0.6) is 0 Å². The molecule has 1 aromatic rings. The van der Waals surface area contributed by atoms with Crippen LogP contribution in [0.1, 0.15) is 19.8 Å². The summed E-state index contributed by atoms with van der Waals surface area (Å²) in [6, 6.07) is 9.43. The van der Waals surface area contributed by atoms with Crippen molar-refractivity contribution in [2.24, 2.45) is 0 Å². The molecule has 2 heterocycles. The van der Waals surface area contributed by atoms with E-state index in [2.05, 4.69) is 5.32 Å². The van der Waals surface area contributed by atoms with E-state index < -0.39 is 30.6 Å². The van der Waals surface area contributed by atoms with E-state index >= 15 is 0 Å². The Morgan fingerprint density at radius 2 is 1.91 bits per heavy atom. The van der Waals surface area contributed by atoms with Gasteiger partial charge < -0.3 is 29.7 Å². The van der Waals surface area contributed by atoms with Crippen LogP contribution in [0.3, 0.4) is 0 Å². The molecule has 2 aliphatic rings. The molecule has 3 N–H and O–H groups in total. The molecule has 0 aliphatic carbocycles. The molecule has 6 heteroatoms. The number of rotatable bonds is 4. The van der Waals surface area contributed by atoms with Crippen LogP contribution in [0.25, 0.3) is 0 Å². The number of para-hydroxylation sites is 1. The van der Waals surface area contributed by atoms with Gasteiger partial charge in [0.15, 0.2) is 12.5 Å². The zero-order chi connectivity index (χ0) is 15.5. The number of anilines is 1. The lowest BCUT2D eigenvalue weighted by Crippen LogP contribution is -2.64. The van der Waals surface area contributed by atoms with Crippen molar-refractivity contribution in [1.29, 1.82) is 0 Å². The van der Waals surface area contributed by atoms with E-state index in [4.69, 9.17) is 14.2 Å². The van der Waals surface area contributed by atoms with Gasteiger partial charge in [-0.2, -0.15) is 0 Å². The molecule has 2 aliphatic heterocycles. The first-order valence-electron chi connectivity index (χ1n) is 7.79. The van der Waals surface area contributed by atoms with Crippen molar-refractivity contribution in [3.8, 4) is 0 Å². The number of nitrogens with one attached hydrogen (secondary N) is 1. The molecule has 1 aromatic carbocycles. The van der Waals surface area contributed by atoms with Crippen molar-refractivity contribution in [3.63, 3.8) is 0 Å². The standard InChI is InChI=1S/C16H23NO5/c1-2-6-12-20-9-11-15(22-12)13(18)14(19)16(21-11)17-10-7-4-3-5-8-10/h3-5,7-8,11-19H,2,6,9H2,1H3. The van der Waals surface area contributed by atoms with Gasteiger partial charge in [0.05, 0.1) is 6.61 Å². The van der Waals surface area contributed by atoms with Gasteiger partial charge in [0.1, 0.15) is 24.4 Å². The lowest BCUT2D eigenvalue weighted by Gasteiger charge is -2.46. The number of aliphatic hydroxyl groups is 2. The van der Waals surface area contributed by atoms with Gasteiger partial charge in [-0.25, -0.2) is 0 Å². The zero-order valence-electron chi connectivity index (χ0n) is 12.6. The summed E-state index contributed by atoms with van der Waals surface area (Å²) in [5.74, 6) is 0. The third kappa shape index (κ3) is 3.26. The number of fused-ring (bicyclic) bond motifs is 1. The van der Waals surface area contributed by atoms with Gasteiger partial charge in [-0.05, 0) is 18.6 Å². The van der Waals surface area contributed by atoms with Crippen molar-refractivity contribution in [2.75, 3.05) is 11.9 Å². The van der Waals surface area contributed by atoms with E-state index in [9.17, 15) is 10.2 Å². The first-order valence-corrected chi connectivity index (χ1v) is 7.79. The summed E-state index contributed by atoms with van der Waals surface area (Å²) < 4.78 is 17.2. The molecule has 22 heavy (non-hydrogen) atoms. The third-order valence-corrected chi connectivity index (χ3v) is 4.05. The van der Waals surface area contributed by atoms with Gasteiger partial charge in [0.25, 0.3) is 0 Å². The maximum absolute atomic E-state index is 10.4. The van der Waals surface area contributed by atoms with E-state index in [1.807, 2.05) is 37.3 Å². The Labute approximate surface area is 130 Å². The maximum Gasteiger partial charge on any atom is 0.158 e. The quantitative estimate of drug-likeness (QED) is 0.772. The third-order valence-electron chi connectivity index (χ3n) is 4.05. The minimum absolute atomic E-state index is 0.338. The highest BCUT2D eigenvalue weighted by Gasteiger charge is 2.48. The Bertz CT molecular complexity index is 469. The SMILES string of the molecule is CCCC1OCC2OC(Nc3ccccc3)C(O)C(O)C2O1. The molecule has 0 spiro atoms. The molecule has 122 valence electrons. The van der Waals surface area contributed by atoms with E-state index in [-0.39, 0.29) is 6.29 Å². The molecule has 0 saturated carbocycles. The molecule has 0 bridgehead atoms. The van der Waals surface area contributed by atoms with E-state index in [1.165, 1.54) is 0 Å². The van der Waals surface area contributed by atoms with Crippen LogP contribution in [-0.4, -0.2) is 53.8 Å². The van der Waals surface area contributed by atoms with Gasteiger partial charge in [-0.3, -0.25) is 0 Å². The molecular weight excluding hydrogens is 286 g/mol. The monoisotopic (exact) mass is 309 g/mol. The summed E-state index contributed by atoms with van der Waals surface area (Å²) in [5.41, 5.74) is 0.818. The molecule has 0 amide bonds. The van der Waals surface area contributed by atoms with Crippen LogP contribution >= 0.6 is 0 Å². The summed E-state index contributed by atoms with van der Waals surface area (Å²) in [4.78, 5) is 0. The summed E-state index contributed by atoms with van der Waals surface area (Å²) >= 11 is 0. The van der Waals surface area contributed by atoms with Crippen LogP contribution in [-0.2, 0) is 14.2 Å². The number of benzene rings is 1. The Kier molecular flexibility index (Phi) is 4.95. The fourth-order valence-electron chi connectivity index (χ4n) is 2.86. The summed E-state index contributed by atoms with van der Waals surface area (Å²) in [6.45, 7) is 2.40. The lowest BCUT2D eigenvalue weighted by molar-refractivity contribution is -0.322. The van der Waals surface area contributed by atoms with Gasteiger partial charge in [-0.15, -0.1) is 0 Å². The van der Waals surface area contributed by atoms with E-state index in [0.29, 0.717) is 6.61 Å². The minimum atomic E-state index is -1.07. The Morgan fingerprint density at radius 3 is 2.64 bits per heavy atom. The molecule has 3 rings (SSSR count). The van der Waals surface area contributed by atoms with E-state index in [1.54, 1.807) is 0 Å². The second kappa shape index (κ2) is 6.93.